The highest BCUT2D eigenvalue weighted by Crippen LogP contribution is 2.26. The van der Waals surface area contributed by atoms with Crippen LogP contribution >= 0.6 is 11.8 Å². The van der Waals surface area contributed by atoms with E-state index in [2.05, 4.69) is 55.0 Å². The molecule has 0 fully saturated rings. The van der Waals surface area contributed by atoms with Crippen molar-refractivity contribution < 1.29 is 0 Å². The Bertz CT molecular complexity index is 549. The fourth-order valence-electron chi connectivity index (χ4n) is 1.97. The summed E-state index contributed by atoms with van der Waals surface area (Å²) in [6.45, 7) is 6.49. The van der Waals surface area contributed by atoms with Crippen LogP contribution < -0.4 is 5.73 Å². The van der Waals surface area contributed by atoms with E-state index < -0.39 is 0 Å². The number of nitrogens with zero attached hydrogens (tertiary/aromatic N) is 2. The van der Waals surface area contributed by atoms with Gasteiger partial charge in [0.2, 0.25) is 0 Å². The van der Waals surface area contributed by atoms with Gasteiger partial charge in [0.05, 0.1) is 0 Å². The van der Waals surface area contributed by atoms with Crippen molar-refractivity contribution in [3.63, 3.8) is 0 Å². The van der Waals surface area contributed by atoms with Crippen molar-refractivity contribution in [2.75, 3.05) is 0 Å². The van der Waals surface area contributed by atoms with Gasteiger partial charge in [0.1, 0.15) is 0 Å². The molecule has 0 spiro atoms. The van der Waals surface area contributed by atoms with Gasteiger partial charge in [0.25, 0.3) is 0 Å². The topological polar surface area (TPSA) is 51.8 Å². The molecule has 1 aromatic heterocycles. The molecule has 2 N–H and O–H groups in total. The first-order valence-electron chi connectivity index (χ1n) is 7.42. The molecule has 2 rings (SSSR count). The lowest BCUT2D eigenvalue weighted by Crippen LogP contribution is -2.21. The van der Waals surface area contributed by atoms with Gasteiger partial charge in [-0.05, 0) is 53.8 Å². The SMILES string of the molecule is CCC(N)Cc1cnc(Sc2ccc(C(C)C)cc2)nc1. The maximum absolute atomic E-state index is 5.94. The summed E-state index contributed by atoms with van der Waals surface area (Å²) in [7, 11) is 0. The van der Waals surface area contributed by atoms with Crippen LogP contribution in [0.2, 0.25) is 0 Å². The van der Waals surface area contributed by atoms with Crippen LogP contribution in [0, 0.1) is 0 Å². The van der Waals surface area contributed by atoms with Crippen LogP contribution in [-0.2, 0) is 6.42 Å². The molecule has 0 amide bonds. The molecule has 0 aliphatic carbocycles. The molecule has 0 saturated heterocycles. The second-order valence-corrected chi connectivity index (χ2v) is 6.61. The van der Waals surface area contributed by atoms with E-state index in [1.54, 1.807) is 11.8 Å². The van der Waals surface area contributed by atoms with Crippen LogP contribution in [0.4, 0.5) is 0 Å². The van der Waals surface area contributed by atoms with E-state index >= 15 is 0 Å². The highest BCUT2D eigenvalue weighted by molar-refractivity contribution is 7.99. The molecule has 0 aliphatic heterocycles. The lowest BCUT2D eigenvalue weighted by molar-refractivity contribution is 0.641. The smallest absolute Gasteiger partial charge is 0.192 e. The Kier molecular flexibility index (Phi) is 5.76. The zero-order chi connectivity index (χ0) is 15.2. The molecule has 0 aliphatic rings. The van der Waals surface area contributed by atoms with Crippen molar-refractivity contribution in [1.29, 1.82) is 0 Å². The molecule has 1 unspecified atom stereocenters. The highest BCUT2D eigenvalue weighted by atomic mass is 32.2. The van der Waals surface area contributed by atoms with Crippen molar-refractivity contribution in [3.8, 4) is 0 Å². The maximum atomic E-state index is 5.94. The van der Waals surface area contributed by atoms with Gasteiger partial charge >= 0.3 is 0 Å². The predicted molar refractivity (Wildman–Crippen MR) is 88.7 cm³/mol. The third-order valence-electron chi connectivity index (χ3n) is 3.46. The van der Waals surface area contributed by atoms with E-state index in [0.29, 0.717) is 5.92 Å². The van der Waals surface area contributed by atoms with E-state index in [9.17, 15) is 0 Å². The first-order valence-corrected chi connectivity index (χ1v) is 8.24. The monoisotopic (exact) mass is 301 g/mol. The van der Waals surface area contributed by atoms with E-state index in [0.717, 1.165) is 28.5 Å². The Morgan fingerprint density at radius 3 is 2.24 bits per heavy atom. The van der Waals surface area contributed by atoms with Crippen molar-refractivity contribution >= 4 is 11.8 Å². The minimum Gasteiger partial charge on any atom is -0.327 e. The van der Waals surface area contributed by atoms with Gasteiger partial charge < -0.3 is 5.73 Å². The molecule has 0 radical (unpaired) electrons. The van der Waals surface area contributed by atoms with Crippen molar-refractivity contribution in [2.24, 2.45) is 5.73 Å². The Balaban J connectivity index is 1.99. The van der Waals surface area contributed by atoms with Gasteiger partial charge in [-0.3, -0.25) is 0 Å². The molecule has 1 atom stereocenters. The average Bonchev–Trinajstić information content (AvgIpc) is 2.49. The fraction of sp³-hybridized carbons (Fsp3) is 0.412. The first-order chi connectivity index (χ1) is 10.1. The van der Waals surface area contributed by atoms with Crippen molar-refractivity contribution in [3.05, 3.63) is 47.8 Å². The molecule has 4 heteroatoms. The number of hydrogen-bond donors (Lipinski definition) is 1. The van der Waals surface area contributed by atoms with E-state index in [-0.39, 0.29) is 6.04 Å². The number of aromatic nitrogens is 2. The summed E-state index contributed by atoms with van der Waals surface area (Å²) in [6.07, 6.45) is 5.57. The zero-order valence-corrected chi connectivity index (χ0v) is 13.7. The third kappa shape index (κ3) is 4.83. The lowest BCUT2D eigenvalue weighted by atomic mass is 10.0. The van der Waals surface area contributed by atoms with E-state index in [4.69, 9.17) is 5.73 Å². The van der Waals surface area contributed by atoms with Gasteiger partial charge in [-0.15, -0.1) is 0 Å². The normalized spacial score (nSPS) is 12.6. The molecule has 1 aromatic carbocycles. The summed E-state index contributed by atoms with van der Waals surface area (Å²) in [5, 5.41) is 0.779. The lowest BCUT2D eigenvalue weighted by Gasteiger charge is -2.08. The minimum absolute atomic E-state index is 0.190. The summed E-state index contributed by atoms with van der Waals surface area (Å²) in [5.74, 6) is 0.558. The summed E-state index contributed by atoms with van der Waals surface area (Å²) in [6, 6.07) is 8.79. The molecule has 112 valence electrons. The van der Waals surface area contributed by atoms with Crippen LogP contribution in [0.3, 0.4) is 0 Å². The van der Waals surface area contributed by atoms with Crippen LogP contribution in [0.5, 0.6) is 0 Å². The predicted octanol–water partition coefficient (Wildman–Crippen LogP) is 4.03. The molecular formula is C17H23N3S. The van der Waals surface area contributed by atoms with Gasteiger partial charge in [-0.25, -0.2) is 9.97 Å². The third-order valence-corrected chi connectivity index (χ3v) is 4.36. The summed E-state index contributed by atoms with van der Waals surface area (Å²) in [4.78, 5) is 9.99. The van der Waals surface area contributed by atoms with Crippen molar-refractivity contribution in [2.45, 2.75) is 55.6 Å². The van der Waals surface area contributed by atoms with Crippen LogP contribution in [-0.4, -0.2) is 16.0 Å². The zero-order valence-electron chi connectivity index (χ0n) is 12.9. The fourth-order valence-corrected chi connectivity index (χ4v) is 2.67. The molecule has 2 aromatic rings. The van der Waals surface area contributed by atoms with E-state index in [1.165, 1.54) is 5.56 Å². The number of rotatable bonds is 6. The van der Waals surface area contributed by atoms with Gasteiger partial charge in [0.15, 0.2) is 5.16 Å². The molecule has 3 nitrogen and oxygen atoms in total. The Hall–Kier alpha value is -1.39. The summed E-state index contributed by atoms with van der Waals surface area (Å²) < 4.78 is 0. The Morgan fingerprint density at radius 1 is 1.10 bits per heavy atom. The highest BCUT2D eigenvalue weighted by Gasteiger charge is 2.05. The molecular weight excluding hydrogens is 278 g/mol. The molecule has 21 heavy (non-hydrogen) atoms. The largest absolute Gasteiger partial charge is 0.327 e. The summed E-state index contributed by atoms with van der Waals surface area (Å²) in [5.41, 5.74) is 8.40. The molecule has 0 bridgehead atoms. The molecule has 0 saturated carbocycles. The standard InChI is InChI=1S/C17H23N3S/c1-4-15(18)9-13-10-19-17(20-11-13)21-16-7-5-14(6-8-16)12(2)3/h5-8,10-12,15H,4,9,18H2,1-3H3. The van der Waals surface area contributed by atoms with Crippen LogP contribution in [0.25, 0.3) is 0 Å². The number of benzene rings is 1. The van der Waals surface area contributed by atoms with Crippen LogP contribution in [0.15, 0.2) is 46.7 Å². The first kappa shape index (κ1) is 16.0. The van der Waals surface area contributed by atoms with E-state index in [1.807, 2.05) is 12.4 Å². The summed E-state index contributed by atoms with van der Waals surface area (Å²) >= 11 is 1.59. The number of hydrogen-bond acceptors (Lipinski definition) is 4. The number of nitrogens with two attached hydrogens (primary N) is 1. The maximum Gasteiger partial charge on any atom is 0.192 e. The molecule has 1 heterocycles. The average molecular weight is 301 g/mol. The Labute approximate surface area is 131 Å². The Morgan fingerprint density at radius 2 is 1.71 bits per heavy atom. The van der Waals surface area contributed by atoms with Gasteiger partial charge in [0, 0.05) is 23.3 Å². The second kappa shape index (κ2) is 7.57. The van der Waals surface area contributed by atoms with Gasteiger partial charge in [-0.1, -0.05) is 32.9 Å². The second-order valence-electron chi connectivity index (χ2n) is 5.57. The minimum atomic E-state index is 0.190. The van der Waals surface area contributed by atoms with Crippen molar-refractivity contribution in [1.82, 2.24) is 9.97 Å². The quantitative estimate of drug-likeness (QED) is 0.818. The van der Waals surface area contributed by atoms with Crippen LogP contribution in [0.1, 0.15) is 44.2 Å². The van der Waals surface area contributed by atoms with Gasteiger partial charge in [-0.2, -0.15) is 0 Å².